The second kappa shape index (κ2) is 4.62. The van der Waals surface area contributed by atoms with Crippen molar-refractivity contribution in [3.63, 3.8) is 0 Å². The molecule has 5 nitrogen and oxygen atoms in total. The highest BCUT2D eigenvalue weighted by atomic mass is 35.5. The summed E-state index contributed by atoms with van der Waals surface area (Å²) in [6.45, 7) is 0.503. The molecule has 0 radical (unpaired) electrons. The third kappa shape index (κ3) is 1.97. The van der Waals surface area contributed by atoms with Crippen LogP contribution in [0.15, 0.2) is 16.9 Å². The highest BCUT2D eigenvalue weighted by Gasteiger charge is 2.15. The summed E-state index contributed by atoms with van der Waals surface area (Å²) in [5.41, 5.74) is -0.544. The highest BCUT2D eigenvalue weighted by molar-refractivity contribution is 6.36. The number of aromatic nitrogens is 3. The summed E-state index contributed by atoms with van der Waals surface area (Å²) in [7, 11) is 0. The lowest BCUT2D eigenvalue weighted by Gasteiger charge is -2.04. The van der Waals surface area contributed by atoms with Gasteiger partial charge in [-0.25, -0.2) is 13.8 Å². The minimum Gasteiger partial charge on any atom is -0.506 e. The lowest BCUT2D eigenvalue weighted by atomic mass is 10.3. The zero-order chi connectivity index (χ0) is 13.4. The number of hydrogen-bond acceptors (Lipinski definition) is 3. The first-order chi connectivity index (χ1) is 8.45. The van der Waals surface area contributed by atoms with Gasteiger partial charge in [0.15, 0.2) is 6.80 Å². The van der Waals surface area contributed by atoms with Gasteiger partial charge >= 0.3 is 5.69 Å². The van der Waals surface area contributed by atoms with Crippen LogP contribution in [0.4, 0.5) is 4.39 Å². The Bertz CT molecular complexity index is 666. The Morgan fingerprint density at radius 1 is 1.39 bits per heavy atom. The second-order valence-electron chi connectivity index (χ2n) is 3.54. The van der Waals surface area contributed by atoms with E-state index in [0.717, 1.165) is 9.25 Å². The van der Waals surface area contributed by atoms with Crippen LogP contribution in [0, 0.1) is 6.92 Å². The second-order valence-corrected chi connectivity index (χ2v) is 4.36. The maximum atomic E-state index is 12.6. The van der Waals surface area contributed by atoms with Crippen molar-refractivity contribution < 1.29 is 9.50 Å². The SMILES string of the molecule is Cc1nn(-c2cc(O)c(Cl)cc2Cl)c(=O)n1CF. The summed E-state index contributed by atoms with van der Waals surface area (Å²) in [5.74, 6) is -0.0385. The third-order valence-corrected chi connectivity index (χ3v) is 3.02. The van der Waals surface area contributed by atoms with Gasteiger partial charge in [-0.05, 0) is 13.0 Å². The number of benzene rings is 1. The summed E-state index contributed by atoms with van der Waals surface area (Å²) >= 11 is 11.6. The van der Waals surface area contributed by atoms with Gasteiger partial charge in [0.05, 0.1) is 15.7 Å². The van der Waals surface area contributed by atoms with Gasteiger partial charge in [-0.2, -0.15) is 9.78 Å². The molecule has 0 atom stereocenters. The molecule has 0 bridgehead atoms. The number of aryl methyl sites for hydroxylation is 1. The predicted octanol–water partition coefficient (Wildman–Crippen LogP) is 2.28. The molecule has 0 saturated carbocycles. The van der Waals surface area contributed by atoms with Crippen molar-refractivity contribution in [2.24, 2.45) is 0 Å². The maximum absolute atomic E-state index is 12.6. The molecular weight excluding hydrogens is 284 g/mol. The van der Waals surface area contributed by atoms with Crippen molar-refractivity contribution in [1.29, 1.82) is 0 Å². The average molecular weight is 292 g/mol. The van der Waals surface area contributed by atoms with Crippen LogP contribution in [0.3, 0.4) is 0 Å². The van der Waals surface area contributed by atoms with Gasteiger partial charge in [-0.15, -0.1) is 0 Å². The first-order valence-corrected chi connectivity index (χ1v) is 5.62. The molecule has 2 aromatic rings. The number of nitrogens with zero attached hydrogens (tertiary/aromatic N) is 3. The van der Waals surface area contributed by atoms with E-state index < -0.39 is 12.5 Å². The Morgan fingerprint density at radius 2 is 2.06 bits per heavy atom. The molecule has 1 heterocycles. The van der Waals surface area contributed by atoms with Gasteiger partial charge in [0.1, 0.15) is 11.6 Å². The first-order valence-electron chi connectivity index (χ1n) is 4.86. The molecule has 0 aliphatic rings. The molecule has 18 heavy (non-hydrogen) atoms. The van der Waals surface area contributed by atoms with E-state index in [1.54, 1.807) is 0 Å². The number of hydrogen-bond donors (Lipinski definition) is 1. The van der Waals surface area contributed by atoms with Crippen LogP contribution in [0.1, 0.15) is 5.82 Å². The fourth-order valence-corrected chi connectivity index (χ4v) is 1.94. The smallest absolute Gasteiger partial charge is 0.352 e. The Morgan fingerprint density at radius 3 is 2.61 bits per heavy atom. The summed E-state index contributed by atoms with van der Waals surface area (Å²) in [5, 5.41) is 13.5. The third-order valence-electron chi connectivity index (χ3n) is 2.41. The Kier molecular flexibility index (Phi) is 3.32. The number of rotatable bonds is 2. The van der Waals surface area contributed by atoms with Gasteiger partial charge in [0, 0.05) is 6.07 Å². The molecule has 0 saturated heterocycles. The van der Waals surface area contributed by atoms with E-state index in [0.29, 0.717) is 0 Å². The average Bonchev–Trinajstić information content (AvgIpc) is 2.59. The molecule has 2 rings (SSSR count). The number of alkyl halides is 1. The zero-order valence-electron chi connectivity index (χ0n) is 9.19. The molecule has 0 amide bonds. The van der Waals surface area contributed by atoms with E-state index in [2.05, 4.69) is 5.10 Å². The molecular formula is C10H8Cl2FN3O2. The fourth-order valence-electron chi connectivity index (χ4n) is 1.48. The van der Waals surface area contributed by atoms with Crippen LogP contribution in [0.25, 0.3) is 5.69 Å². The van der Waals surface area contributed by atoms with Crippen LogP contribution in [-0.2, 0) is 6.80 Å². The molecule has 0 unspecified atom stereocenters. The molecule has 0 spiro atoms. The lowest BCUT2D eigenvalue weighted by Crippen LogP contribution is -2.23. The standard InChI is InChI=1S/C10H8Cl2FN3O2/c1-5-14-16(10(18)15(5)4-13)8-3-9(17)7(12)2-6(8)11/h2-3,17H,4H2,1H3. The molecule has 0 fully saturated rings. The Balaban J connectivity index is 2.70. The van der Waals surface area contributed by atoms with Crippen molar-refractivity contribution in [2.75, 3.05) is 0 Å². The Labute approximate surface area is 111 Å². The van der Waals surface area contributed by atoms with Gasteiger partial charge in [0.25, 0.3) is 0 Å². The van der Waals surface area contributed by atoms with Gasteiger partial charge < -0.3 is 5.11 Å². The zero-order valence-corrected chi connectivity index (χ0v) is 10.7. The summed E-state index contributed by atoms with van der Waals surface area (Å²) in [6.07, 6.45) is 0. The van der Waals surface area contributed by atoms with Gasteiger partial charge in [-0.3, -0.25) is 0 Å². The van der Waals surface area contributed by atoms with E-state index in [1.807, 2.05) is 0 Å². The van der Waals surface area contributed by atoms with Crippen LogP contribution in [0.2, 0.25) is 10.0 Å². The molecule has 8 heteroatoms. The van der Waals surface area contributed by atoms with Crippen molar-refractivity contribution in [2.45, 2.75) is 13.7 Å². The fraction of sp³-hybridized carbons (Fsp3) is 0.200. The van der Waals surface area contributed by atoms with E-state index >= 15 is 0 Å². The van der Waals surface area contributed by atoms with Crippen molar-refractivity contribution in [1.82, 2.24) is 14.3 Å². The largest absolute Gasteiger partial charge is 0.506 e. The molecule has 0 aliphatic carbocycles. The van der Waals surface area contributed by atoms with Gasteiger partial charge in [0.2, 0.25) is 0 Å². The van der Waals surface area contributed by atoms with E-state index in [1.165, 1.54) is 19.1 Å². The number of aromatic hydroxyl groups is 1. The van der Waals surface area contributed by atoms with Crippen molar-refractivity contribution >= 4 is 23.2 Å². The molecule has 1 aromatic heterocycles. The normalized spacial score (nSPS) is 10.9. The molecule has 1 aromatic carbocycles. The van der Waals surface area contributed by atoms with Crippen LogP contribution < -0.4 is 5.69 Å². The number of phenolic OH excluding ortho intramolecular Hbond substituents is 1. The van der Waals surface area contributed by atoms with Crippen LogP contribution in [0.5, 0.6) is 5.75 Å². The van der Waals surface area contributed by atoms with E-state index in [9.17, 15) is 14.3 Å². The van der Waals surface area contributed by atoms with Crippen LogP contribution >= 0.6 is 23.2 Å². The van der Waals surface area contributed by atoms with Crippen LogP contribution in [-0.4, -0.2) is 19.5 Å². The minimum absolute atomic E-state index is 0.0541. The van der Waals surface area contributed by atoms with Gasteiger partial charge in [-0.1, -0.05) is 23.2 Å². The molecule has 0 aliphatic heterocycles. The molecule has 1 N–H and O–H groups in total. The molecule has 96 valence electrons. The van der Waals surface area contributed by atoms with Crippen molar-refractivity contribution in [3.8, 4) is 11.4 Å². The first kappa shape index (κ1) is 12.9. The Hall–Kier alpha value is -1.53. The summed E-state index contributed by atoms with van der Waals surface area (Å²) in [4.78, 5) is 11.8. The number of phenols is 1. The van der Waals surface area contributed by atoms with E-state index in [4.69, 9.17) is 23.2 Å². The topological polar surface area (TPSA) is 60.0 Å². The summed E-state index contributed by atoms with van der Waals surface area (Å²) in [6, 6.07) is 2.48. The van der Waals surface area contributed by atoms with Crippen molar-refractivity contribution in [3.05, 3.63) is 38.5 Å². The highest BCUT2D eigenvalue weighted by Crippen LogP contribution is 2.31. The number of halogens is 3. The quantitative estimate of drug-likeness (QED) is 0.923. The minimum atomic E-state index is -0.984. The van der Waals surface area contributed by atoms with E-state index in [-0.39, 0.29) is 27.3 Å². The lowest BCUT2D eigenvalue weighted by molar-refractivity contribution is 0.363. The maximum Gasteiger partial charge on any atom is 0.352 e. The predicted molar refractivity (Wildman–Crippen MR) is 65.4 cm³/mol. The monoisotopic (exact) mass is 291 g/mol. The summed E-state index contributed by atoms with van der Waals surface area (Å²) < 4.78 is 14.4.